The van der Waals surface area contributed by atoms with Crippen LogP contribution in [0.1, 0.15) is 11.5 Å². The Bertz CT molecular complexity index is 459. The van der Waals surface area contributed by atoms with Crippen molar-refractivity contribution >= 4 is 27.3 Å². The van der Waals surface area contributed by atoms with Crippen molar-refractivity contribution in [2.24, 2.45) is 0 Å². The number of likely N-dealkylation sites (N-methyl/N-ethyl adjacent to an activating group) is 1. The minimum atomic E-state index is 0.784. The second-order valence-electron chi connectivity index (χ2n) is 3.54. The number of oxazole rings is 1. The summed E-state index contributed by atoms with van der Waals surface area (Å²) in [7, 11) is 1.92. The van der Waals surface area contributed by atoms with E-state index in [0.29, 0.717) is 0 Å². The first kappa shape index (κ1) is 11.8. The molecule has 5 heteroatoms. The lowest BCUT2D eigenvalue weighted by Crippen LogP contribution is -2.10. The fourth-order valence-corrected chi connectivity index (χ4v) is 2.83. The maximum absolute atomic E-state index is 5.68. The largest absolute Gasteiger partial charge is 0.440 e. The molecule has 1 N–H and O–H groups in total. The molecule has 0 spiro atoms. The molecule has 16 heavy (non-hydrogen) atoms. The van der Waals surface area contributed by atoms with Crippen LogP contribution in [0.15, 0.2) is 20.5 Å². The third-order valence-corrected chi connectivity index (χ3v) is 4.39. The summed E-state index contributed by atoms with van der Waals surface area (Å²) in [6.45, 7) is 2.95. The van der Waals surface area contributed by atoms with Crippen molar-refractivity contribution < 1.29 is 4.42 Å². The number of aryl methyl sites for hydroxylation is 1. The van der Waals surface area contributed by atoms with E-state index in [1.165, 1.54) is 5.56 Å². The van der Waals surface area contributed by atoms with Gasteiger partial charge in [-0.15, -0.1) is 11.3 Å². The van der Waals surface area contributed by atoms with Gasteiger partial charge < -0.3 is 9.73 Å². The van der Waals surface area contributed by atoms with E-state index >= 15 is 0 Å². The molecule has 2 heterocycles. The Morgan fingerprint density at radius 1 is 1.56 bits per heavy atom. The zero-order chi connectivity index (χ0) is 11.5. The molecule has 0 unspecified atom stereocenters. The van der Waals surface area contributed by atoms with Crippen molar-refractivity contribution in [3.8, 4) is 10.6 Å². The minimum absolute atomic E-state index is 0.784. The van der Waals surface area contributed by atoms with Gasteiger partial charge in [0, 0.05) is 13.0 Å². The number of hydrogen-bond acceptors (Lipinski definition) is 4. The zero-order valence-corrected chi connectivity index (χ0v) is 11.6. The van der Waals surface area contributed by atoms with Gasteiger partial charge in [0.25, 0.3) is 0 Å². The van der Waals surface area contributed by atoms with Crippen LogP contribution in [0.25, 0.3) is 10.6 Å². The Balaban J connectivity index is 2.18. The van der Waals surface area contributed by atoms with Gasteiger partial charge in [0.2, 0.25) is 0 Å². The maximum atomic E-state index is 5.68. The van der Waals surface area contributed by atoms with Gasteiger partial charge in [-0.1, -0.05) is 0 Å². The van der Waals surface area contributed by atoms with Gasteiger partial charge in [-0.2, -0.15) is 0 Å². The number of aromatic nitrogens is 1. The number of hydrogen-bond donors (Lipinski definition) is 1. The topological polar surface area (TPSA) is 38.1 Å². The van der Waals surface area contributed by atoms with E-state index in [1.54, 1.807) is 17.5 Å². The van der Waals surface area contributed by atoms with Crippen LogP contribution in [0, 0.1) is 6.92 Å². The molecular formula is C11H13BrN2OS. The van der Waals surface area contributed by atoms with E-state index in [9.17, 15) is 0 Å². The number of thiophene rings is 1. The molecule has 0 aromatic carbocycles. The molecule has 2 rings (SSSR count). The second kappa shape index (κ2) is 5.12. The molecule has 3 nitrogen and oxygen atoms in total. The van der Waals surface area contributed by atoms with Crippen molar-refractivity contribution in [3.63, 3.8) is 0 Å². The Morgan fingerprint density at radius 3 is 3.00 bits per heavy atom. The molecule has 0 atom stereocenters. The molecule has 0 saturated heterocycles. The molecule has 2 aromatic heterocycles. The van der Waals surface area contributed by atoms with Gasteiger partial charge in [0.05, 0.1) is 14.9 Å². The first-order valence-electron chi connectivity index (χ1n) is 5.06. The number of rotatable bonds is 4. The molecule has 0 aliphatic carbocycles. The SMILES string of the molecule is CNCCc1ncc(-c2cc(C)c(Br)s2)o1. The number of nitrogens with zero attached hydrogens (tertiary/aromatic N) is 1. The van der Waals surface area contributed by atoms with Crippen LogP contribution in [0.4, 0.5) is 0 Å². The minimum Gasteiger partial charge on any atom is -0.440 e. The Morgan fingerprint density at radius 2 is 2.38 bits per heavy atom. The predicted octanol–water partition coefficient (Wildman–Crippen LogP) is 3.24. The highest BCUT2D eigenvalue weighted by Crippen LogP contribution is 2.34. The van der Waals surface area contributed by atoms with E-state index in [2.05, 4.69) is 39.2 Å². The fourth-order valence-electron chi connectivity index (χ4n) is 1.35. The normalized spacial score (nSPS) is 10.9. The monoisotopic (exact) mass is 300 g/mol. The average Bonchev–Trinajstić information content (AvgIpc) is 2.84. The summed E-state index contributed by atoms with van der Waals surface area (Å²) < 4.78 is 6.83. The molecule has 0 aliphatic rings. The summed E-state index contributed by atoms with van der Waals surface area (Å²) in [5, 5.41) is 3.07. The van der Waals surface area contributed by atoms with Crippen LogP contribution in [0.3, 0.4) is 0 Å². The number of halogens is 1. The van der Waals surface area contributed by atoms with Crippen LogP contribution in [0.2, 0.25) is 0 Å². The average molecular weight is 301 g/mol. The highest BCUT2D eigenvalue weighted by atomic mass is 79.9. The van der Waals surface area contributed by atoms with Gasteiger partial charge in [-0.05, 0) is 41.5 Å². The molecule has 0 amide bonds. The molecule has 2 aromatic rings. The van der Waals surface area contributed by atoms with E-state index in [4.69, 9.17) is 4.42 Å². The molecule has 0 saturated carbocycles. The Kier molecular flexibility index (Phi) is 3.78. The van der Waals surface area contributed by atoms with Crippen molar-refractivity contribution in [3.05, 3.63) is 27.5 Å². The third-order valence-electron chi connectivity index (χ3n) is 2.24. The van der Waals surface area contributed by atoms with Gasteiger partial charge in [-0.3, -0.25) is 0 Å². The second-order valence-corrected chi connectivity index (χ2v) is 5.91. The van der Waals surface area contributed by atoms with E-state index in [0.717, 1.165) is 33.3 Å². The summed E-state index contributed by atoms with van der Waals surface area (Å²) in [6, 6.07) is 2.11. The first-order valence-corrected chi connectivity index (χ1v) is 6.67. The summed E-state index contributed by atoms with van der Waals surface area (Å²) in [6.07, 6.45) is 2.62. The summed E-state index contributed by atoms with van der Waals surface area (Å²) >= 11 is 5.18. The van der Waals surface area contributed by atoms with Crippen molar-refractivity contribution in [1.82, 2.24) is 10.3 Å². The summed E-state index contributed by atoms with van der Waals surface area (Å²) in [5.74, 6) is 1.64. The lowest BCUT2D eigenvalue weighted by atomic mass is 10.3. The molecule has 86 valence electrons. The zero-order valence-electron chi connectivity index (χ0n) is 9.21. The molecule has 0 fully saturated rings. The highest BCUT2D eigenvalue weighted by Gasteiger charge is 2.10. The predicted molar refractivity (Wildman–Crippen MR) is 69.9 cm³/mol. The van der Waals surface area contributed by atoms with E-state index < -0.39 is 0 Å². The summed E-state index contributed by atoms with van der Waals surface area (Å²) in [5.41, 5.74) is 1.23. The van der Waals surface area contributed by atoms with Crippen molar-refractivity contribution in [1.29, 1.82) is 0 Å². The highest BCUT2D eigenvalue weighted by molar-refractivity contribution is 9.11. The Hall–Kier alpha value is -0.650. The molecule has 0 radical (unpaired) electrons. The lowest BCUT2D eigenvalue weighted by molar-refractivity contribution is 0.501. The first-order chi connectivity index (χ1) is 7.70. The Labute approximate surface area is 107 Å². The lowest BCUT2D eigenvalue weighted by Gasteiger charge is -1.93. The molecule has 0 aliphatic heterocycles. The van der Waals surface area contributed by atoms with Crippen molar-refractivity contribution in [2.45, 2.75) is 13.3 Å². The van der Waals surface area contributed by atoms with Gasteiger partial charge in [0.1, 0.15) is 0 Å². The smallest absolute Gasteiger partial charge is 0.196 e. The summed E-state index contributed by atoms with van der Waals surface area (Å²) in [4.78, 5) is 5.37. The van der Waals surface area contributed by atoms with E-state index in [1.807, 2.05) is 7.05 Å². The van der Waals surface area contributed by atoms with Gasteiger partial charge in [-0.25, -0.2) is 4.98 Å². The van der Waals surface area contributed by atoms with Crippen LogP contribution in [-0.4, -0.2) is 18.6 Å². The molecule has 0 bridgehead atoms. The van der Waals surface area contributed by atoms with E-state index in [-0.39, 0.29) is 0 Å². The molecular weight excluding hydrogens is 288 g/mol. The standard InChI is InChI=1S/C11H13BrN2OS/c1-7-5-9(16-11(7)12)8-6-14-10(15-8)3-4-13-2/h5-6,13H,3-4H2,1-2H3. The quantitative estimate of drug-likeness (QED) is 0.942. The van der Waals surface area contributed by atoms with Gasteiger partial charge in [0.15, 0.2) is 11.7 Å². The number of nitrogens with one attached hydrogen (secondary N) is 1. The maximum Gasteiger partial charge on any atom is 0.196 e. The van der Waals surface area contributed by atoms with Crippen LogP contribution < -0.4 is 5.32 Å². The fraction of sp³-hybridized carbons (Fsp3) is 0.364. The third kappa shape index (κ3) is 2.53. The van der Waals surface area contributed by atoms with Crippen LogP contribution in [0.5, 0.6) is 0 Å². The van der Waals surface area contributed by atoms with Crippen LogP contribution in [-0.2, 0) is 6.42 Å². The van der Waals surface area contributed by atoms with Crippen molar-refractivity contribution in [2.75, 3.05) is 13.6 Å². The van der Waals surface area contributed by atoms with Crippen LogP contribution >= 0.6 is 27.3 Å². The van der Waals surface area contributed by atoms with Gasteiger partial charge >= 0.3 is 0 Å².